The van der Waals surface area contributed by atoms with Crippen molar-refractivity contribution in [1.29, 1.82) is 0 Å². The Kier molecular flexibility index (Phi) is 3.62. The number of rotatable bonds is 2. The Hall–Kier alpha value is -2.37. The van der Waals surface area contributed by atoms with Gasteiger partial charge < -0.3 is 0 Å². The van der Waals surface area contributed by atoms with Crippen molar-refractivity contribution in [3.63, 3.8) is 0 Å². The topological polar surface area (TPSA) is 24.7 Å². The number of hydrogen-bond donors (Lipinski definition) is 0. The molecule has 2 nitrogen and oxygen atoms in total. The third-order valence-corrected chi connectivity index (χ3v) is 3.05. The highest BCUT2D eigenvalue weighted by Gasteiger charge is 2.10. The molecule has 2 aromatic rings. The van der Waals surface area contributed by atoms with Crippen LogP contribution in [0, 0.1) is 11.8 Å². The molecule has 0 N–H and O–H groups in total. The summed E-state index contributed by atoms with van der Waals surface area (Å²) in [6, 6.07) is 19.6. The molecule has 20 heavy (non-hydrogen) atoms. The number of halogens is 1. The van der Waals surface area contributed by atoms with Gasteiger partial charge in [0.05, 0.1) is 0 Å². The molecular weight excluding hydrogens is 268 g/mol. The second kappa shape index (κ2) is 5.73. The molecule has 1 aliphatic rings. The van der Waals surface area contributed by atoms with Crippen molar-refractivity contribution in [2.24, 2.45) is 9.98 Å². The summed E-state index contributed by atoms with van der Waals surface area (Å²) in [5.41, 5.74) is 2.01. The van der Waals surface area contributed by atoms with E-state index in [1.807, 2.05) is 60.7 Å². The molecule has 3 rings (SSSR count). The van der Waals surface area contributed by atoms with Crippen LogP contribution < -0.4 is 0 Å². The smallest absolute Gasteiger partial charge is 0.186 e. The number of nitrogens with zero attached hydrogens (tertiary/aromatic N) is 2. The van der Waals surface area contributed by atoms with E-state index in [4.69, 9.17) is 11.6 Å². The maximum Gasteiger partial charge on any atom is 0.186 e. The molecule has 0 radical (unpaired) electrons. The number of alkyl halides is 1. The van der Waals surface area contributed by atoms with Crippen LogP contribution >= 0.6 is 11.6 Å². The van der Waals surface area contributed by atoms with Crippen LogP contribution in [0.1, 0.15) is 11.1 Å². The van der Waals surface area contributed by atoms with Crippen LogP contribution in [0.2, 0.25) is 0 Å². The average Bonchev–Trinajstić information content (AvgIpc) is 2.71. The lowest BCUT2D eigenvalue weighted by Crippen LogP contribution is -2.04. The molecule has 0 saturated heterocycles. The number of amidine groups is 1. The van der Waals surface area contributed by atoms with E-state index in [9.17, 15) is 0 Å². The Morgan fingerprint density at radius 1 is 0.850 bits per heavy atom. The Morgan fingerprint density at radius 2 is 1.45 bits per heavy atom. The van der Waals surface area contributed by atoms with Crippen LogP contribution in [-0.4, -0.2) is 17.0 Å². The monoisotopic (exact) mass is 278 g/mol. The Balaban J connectivity index is 2.07. The fourth-order valence-electron chi connectivity index (χ4n) is 1.89. The summed E-state index contributed by atoms with van der Waals surface area (Å²) in [6.07, 6.45) is 0. The van der Waals surface area contributed by atoms with E-state index in [-0.39, 0.29) is 0 Å². The predicted octanol–water partition coefficient (Wildman–Crippen LogP) is 3.50. The Morgan fingerprint density at radius 3 is 2.10 bits per heavy atom. The van der Waals surface area contributed by atoms with Crippen molar-refractivity contribution in [1.82, 2.24) is 0 Å². The van der Waals surface area contributed by atoms with Crippen molar-refractivity contribution in [2.75, 3.05) is 0 Å². The maximum absolute atomic E-state index is 6.08. The van der Waals surface area contributed by atoms with E-state index in [1.165, 1.54) is 0 Å². The Bertz CT molecular complexity index is 722. The largest absolute Gasteiger partial charge is 0.233 e. The molecule has 2 aromatic carbocycles. The molecule has 0 fully saturated rings. The van der Waals surface area contributed by atoms with Gasteiger partial charge in [-0.2, -0.15) is 0 Å². The lowest BCUT2D eigenvalue weighted by molar-refractivity contribution is 1.17. The molecular formula is C17H11ClN2. The molecule has 3 heteroatoms. The van der Waals surface area contributed by atoms with Gasteiger partial charge in [0.1, 0.15) is 5.71 Å². The lowest BCUT2D eigenvalue weighted by atomic mass is 10.1. The van der Waals surface area contributed by atoms with Gasteiger partial charge in [-0.05, 0) is 5.92 Å². The SMILES string of the molecule is ClC1C#CC(c2ccccc2)=NC(c2ccccc2)=N1. The molecule has 0 aliphatic carbocycles. The third-order valence-electron chi connectivity index (χ3n) is 2.84. The lowest BCUT2D eigenvalue weighted by Gasteiger charge is -2.03. The summed E-state index contributed by atoms with van der Waals surface area (Å²) in [5, 5.41) is 0. The van der Waals surface area contributed by atoms with E-state index in [0.717, 1.165) is 11.1 Å². The second-order valence-corrected chi connectivity index (χ2v) is 4.66. The second-order valence-electron chi connectivity index (χ2n) is 4.25. The summed E-state index contributed by atoms with van der Waals surface area (Å²) in [5.74, 6) is 6.49. The predicted molar refractivity (Wildman–Crippen MR) is 83.4 cm³/mol. The molecule has 0 spiro atoms. The van der Waals surface area contributed by atoms with Crippen LogP contribution in [-0.2, 0) is 0 Å². The molecule has 0 saturated carbocycles. The fourth-order valence-corrected chi connectivity index (χ4v) is 2.04. The summed E-state index contributed by atoms with van der Waals surface area (Å²) in [7, 11) is 0. The zero-order valence-corrected chi connectivity index (χ0v) is 11.4. The van der Waals surface area contributed by atoms with Crippen molar-refractivity contribution in [2.45, 2.75) is 5.50 Å². The van der Waals surface area contributed by atoms with Gasteiger partial charge >= 0.3 is 0 Å². The molecule has 1 heterocycles. The van der Waals surface area contributed by atoms with E-state index < -0.39 is 5.50 Å². The van der Waals surface area contributed by atoms with Crippen LogP contribution in [0.25, 0.3) is 0 Å². The zero-order valence-electron chi connectivity index (χ0n) is 10.6. The Labute approximate surface area is 122 Å². The number of benzene rings is 2. The minimum atomic E-state index is -0.574. The van der Waals surface area contributed by atoms with Crippen molar-refractivity contribution < 1.29 is 0 Å². The quantitative estimate of drug-likeness (QED) is 0.456. The molecule has 0 bridgehead atoms. The standard InChI is InChI=1S/C17H11ClN2/c18-16-12-11-15(13-7-3-1-4-8-13)19-17(20-16)14-9-5-2-6-10-14/h1-10,16H. The van der Waals surface area contributed by atoms with Gasteiger partial charge in [-0.3, -0.25) is 0 Å². The minimum Gasteiger partial charge on any atom is -0.233 e. The van der Waals surface area contributed by atoms with Crippen molar-refractivity contribution in [3.8, 4) is 11.8 Å². The molecule has 1 atom stereocenters. The van der Waals surface area contributed by atoms with Crippen LogP contribution in [0.15, 0.2) is 70.6 Å². The van der Waals surface area contributed by atoms with E-state index in [1.54, 1.807) is 0 Å². The third kappa shape index (κ3) is 2.79. The normalized spacial score (nSPS) is 17.4. The minimum absolute atomic E-state index is 0.574. The average molecular weight is 279 g/mol. The molecule has 1 aliphatic heterocycles. The van der Waals surface area contributed by atoms with Crippen LogP contribution in [0.3, 0.4) is 0 Å². The number of aliphatic imine (C=N–C) groups is 2. The first-order valence-corrected chi connectivity index (χ1v) is 6.69. The van der Waals surface area contributed by atoms with E-state index in [0.29, 0.717) is 11.5 Å². The summed E-state index contributed by atoms with van der Waals surface area (Å²) in [6.45, 7) is 0. The van der Waals surface area contributed by atoms with Gasteiger partial charge in [0.25, 0.3) is 0 Å². The van der Waals surface area contributed by atoms with E-state index in [2.05, 4.69) is 21.8 Å². The molecule has 96 valence electrons. The highest BCUT2D eigenvalue weighted by Crippen LogP contribution is 2.11. The van der Waals surface area contributed by atoms with Crippen molar-refractivity contribution >= 4 is 23.1 Å². The van der Waals surface area contributed by atoms with Gasteiger partial charge in [0, 0.05) is 11.1 Å². The van der Waals surface area contributed by atoms with Crippen molar-refractivity contribution in [3.05, 3.63) is 71.8 Å². The van der Waals surface area contributed by atoms with Crippen LogP contribution in [0.5, 0.6) is 0 Å². The first-order valence-electron chi connectivity index (χ1n) is 6.26. The summed E-state index contributed by atoms with van der Waals surface area (Å²) < 4.78 is 0. The fraction of sp³-hybridized carbons (Fsp3) is 0.0588. The highest BCUT2D eigenvalue weighted by molar-refractivity contribution is 6.26. The van der Waals surface area contributed by atoms with Gasteiger partial charge in [-0.25, -0.2) is 9.98 Å². The first-order chi connectivity index (χ1) is 9.83. The summed E-state index contributed by atoms with van der Waals surface area (Å²) in [4.78, 5) is 8.92. The van der Waals surface area contributed by atoms with E-state index >= 15 is 0 Å². The number of hydrogen-bond acceptors (Lipinski definition) is 2. The molecule has 0 aromatic heterocycles. The van der Waals surface area contributed by atoms with Crippen LogP contribution in [0.4, 0.5) is 0 Å². The first kappa shape index (κ1) is 12.7. The summed E-state index contributed by atoms with van der Waals surface area (Å²) >= 11 is 6.08. The molecule has 1 unspecified atom stereocenters. The van der Waals surface area contributed by atoms with Gasteiger partial charge in [-0.1, -0.05) is 78.2 Å². The maximum atomic E-state index is 6.08. The molecule has 0 amide bonds. The van der Waals surface area contributed by atoms with Gasteiger partial charge in [-0.15, -0.1) is 0 Å². The van der Waals surface area contributed by atoms with Gasteiger partial charge in [0.15, 0.2) is 11.3 Å². The zero-order chi connectivity index (χ0) is 13.8. The highest BCUT2D eigenvalue weighted by atomic mass is 35.5. The van der Waals surface area contributed by atoms with Gasteiger partial charge in [0.2, 0.25) is 0 Å².